The Labute approximate surface area is 97.6 Å². The zero-order valence-corrected chi connectivity index (χ0v) is 10.7. The van der Waals surface area contributed by atoms with Crippen LogP contribution in [-0.4, -0.2) is 46.8 Å². The fourth-order valence-corrected chi connectivity index (χ4v) is 1.97. The smallest absolute Gasteiger partial charge is 0.242 e. The Hall–Kier alpha value is -1.06. The van der Waals surface area contributed by atoms with Crippen LogP contribution < -0.4 is 0 Å². The molecule has 0 unspecified atom stereocenters. The maximum atomic E-state index is 11.9. The Bertz CT molecular complexity index is 281. The summed E-state index contributed by atoms with van der Waals surface area (Å²) in [7, 11) is 0. The number of nitrogens with zero attached hydrogens (tertiary/aromatic N) is 2. The number of rotatable bonds is 2. The van der Waals surface area contributed by atoms with Gasteiger partial charge in [0.2, 0.25) is 11.8 Å². The molecule has 0 aromatic carbocycles. The molecule has 1 saturated heterocycles. The zero-order valence-electron chi connectivity index (χ0n) is 10.7. The van der Waals surface area contributed by atoms with Crippen molar-refractivity contribution in [1.82, 2.24) is 9.80 Å². The number of hydrogen-bond acceptors (Lipinski definition) is 2. The third kappa shape index (κ3) is 2.97. The van der Waals surface area contributed by atoms with Crippen LogP contribution in [0, 0.1) is 0 Å². The van der Waals surface area contributed by atoms with Crippen molar-refractivity contribution in [2.45, 2.75) is 46.1 Å². The fourth-order valence-electron chi connectivity index (χ4n) is 1.97. The highest BCUT2D eigenvalue weighted by Crippen LogP contribution is 2.17. The van der Waals surface area contributed by atoms with E-state index in [1.54, 1.807) is 4.90 Å². The van der Waals surface area contributed by atoms with Gasteiger partial charge in [-0.3, -0.25) is 9.59 Å². The van der Waals surface area contributed by atoms with Gasteiger partial charge in [0.1, 0.15) is 0 Å². The van der Waals surface area contributed by atoms with Crippen molar-refractivity contribution < 1.29 is 9.59 Å². The quantitative estimate of drug-likeness (QED) is 0.711. The van der Waals surface area contributed by atoms with Crippen molar-refractivity contribution in [3.05, 3.63) is 0 Å². The van der Waals surface area contributed by atoms with Crippen LogP contribution in [0.1, 0.15) is 40.5 Å². The predicted molar refractivity (Wildman–Crippen MR) is 63.0 cm³/mol. The van der Waals surface area contributed by atoms with Gasteiger partial charge in [0, 0.05) is 25.0 Å². The van der Waals surface area contributed by atoms with Gasteiger partial charge in [-0.05, 0) is 27.2 Å². The highest BCUT2D eigenvalue weighted by atomic mass is 16.2. The van der Waals surface area contributed by atoms with E-state index in [0.29, 0.717) is 19.5 Å². The molecule has 1 heterocycles. The maximum Gasteiger partial charge on any atom is 0.242 e. The topological polar surface area (TPSA) is 40.6 Å². The molecule has 4 nitrogen and oxygen atoms in total. The normalized spacial score (nSPS) is 17.9. The lowest BCUT2D eigenvalue weighted by molar-refractivity contribution is -0.149. The number of amides is 2. The van der Waals surface area contributed by atoms with Crippen molar-refractivity contribution in [3.8, 4) is 0 Å². The summed E-state index contributed by atoms with van der Waals surface area (Å²) in [6, 6.07) is 0. The molecule has 0 aromatic heterocycles. The zero-order chi connectivity index (χ0) is 12.3. The number of carbonyl (C=O) groups excluding carboxylic acids is 2. The van der Waals surface area contributed by atoms with Crippen molar-refractivity contribution in [3.63, 3.8) is 0 Å². The number of carbonyl (C=O) groups is 2. The first-order valence-electron chi connectivity index (χ1n) is 5.94. The average Bonchev–Trinajstić information content (AvgIpc) is 2.16. The molecule has 1 aliphatic heterocycles. The second-order valence-corrected chi connectivity index (χ2v) is 5.28. The van der Waals surface area contributed by atoms with Gasteiger partial charge in [0.15, 0.2) is 0 Å². The third-order valence-corrected chi connectivity index (χ3v) is 2.85. The van der Waals surface area contributed by atoms with Gasteiger partial charge in [-0.25, -0.2) is 0 Å². The molecule has 0 bridgehead atoms. The molecule has 16 heavy (non-hydrogen) atoms. The minimum Gasteiger partial charge on any atom is -0.335 e. The van der Waals surface area contributed by atoms with E-state index in [1.165, 1.54) is 0 Å². The predicted octanol–water partition coefficient (Wildman–Crippen LogP) is 1.26. The van der Waals surface area contributed by atoms with E-state index in [4.69, 9.17) is 0 Å². The van der Waals surface area contributed by atoms with Crippen LogP contribution in [0.25, 0.3) is 0 Å². The van der Waals surface area contributed by atoms with Gasteiger partial charge in [-0.1, -0.05) is 6.92 Å². The standard InChI is InChI=1S/C12H22N2O2/c1-5-6-10(15)13-7-8-14(11(16)9-13)12(2,3)4/h5-9H2,1-4H3. The molecule has 0 saturated carbocycles. The molecule has 2 amide bonds. The molecule has 1 fully saturated rings. The van der Waals surface area contributed by atoms with E-state index >= 15 is 0 Å². The number of piperazine rings is 1. The van der Waals surface area contributed by atoms with Gasteiger partial charge in [-0.15, -0.1) is 0 Å². The van der Waals surface area contributed by atoms with E-state index < -0.39 is 0 Å². The lowest BCUT2D eigenvalue weighted by Crippen LogP contribution is -2.57. The van der Waals surface area contributed by atoms with Crippen LogP contribution in [0.15, 0.2) is 0 Å². The monoisotopic (exact) mass is 226 g/mol. The molecular formula is C12H22N2O2. The van der Waals surface area contributed by atoms with E-state index in [1.807, 2.05) is 32.6 Å². The first kappa shape index (κ1) is 13.0. The summed E-state index contributed by atoms with van der Waals surface area (Å²) in [5, 5.41) is 0. The number of hydrogen-bond donors (Lipinski definition) is 0. The minimum absolute atomic E-state index is 0.0585. The SMILES string of the molecule is CCCC(=O)N1CCN(C(C)(C)C)C(=O)C1. The van der Waals surface area contributed by atoms with Gasteiger partial charge in [0.05, 0.1) is 6.54 Å². The molecule has 4 heteroatoms. The fraction of sp³-hybridized carbons (Fsp3) is 0.833. The van der Waals surface area contributed by atoms with Crippen molar-refractivity contribution in [2.75, 3.05) is 19.6 Å². The highest BCUT2D eigenvalue weighted by molar-refractivity contribution is 5.86. The Morgan fingerprint density at radius 1 is 1.31 bits per heavy atom. The minimum atomic E-state index is -0.142. The molecule has 0 radical (unpaired) electrons. The van der Waals surface area contributed by atoms with Gasteiger partial charge in [-0.2, -0.15) is 0 Å². The molecule has 0 aromatic rings. The Morgan fingerprint density at radius 3 is 2.38 bits per heavy atom. The van der Waals surface area contributed by atoms with E-state index in [2.05, 4.69) is 0 Å². The summed E-state index contributed by atoms with van der Waals surface area (Å²) in [6.45, 7) is 9.61. The van der Waals surface area contributed by atoms with Crippen molar-refractivity contribution >= 4 is 11.8 Å². The molecule has 0 spiro atoms. The average molecular weight is 226 g/mol. The largest absolute Gasteiger partial charge is 0.335 e. The first-order chi connectivity index (χ1) is 7.36. The summed E-state index contributed by atoms with van der Waals surface area (Å²) in [5.41, 5.74) is -0.142. The van der Waals surface area contributed by atoms with E-state index in [9.17, 15) is 9.59 Å². The molecule has 0 N–H and O–H groups in total. The van der Waals surface area contributed by atoms with Crippen LogP contribution >= 0.6 is 0 Å². The lowest BCUT2D eigenvalue weighted by Gasteiger charge is -2.42. The van der Waals surface area contributed by atoms with E-state index in [0.717, 1.165) is 6.42 Å². The lowest BCUT2D eigenvalue weighted by atomic mass is 10.0. The molecule has 0 atom stereocenters. The van der Waals surface area contributed by atoms with Gasteiger partial charge in [0.25, 0.3) is 0 Å². The van der Waals surface area contributed by atoms with Crippen molar-refractivity contribution in [1.29, 1.82) is 0 Å². The summed E-state index contributed by atoms with van der Waals surface area (Å²) in [6.07, 6.45) is 1.38. The maximum absolute atomic E-state index is 11.9. The van der Waals surface area contributed by atoms with Crippen LogP contribution in [0.5, 0.6) is 0 Å². The Balaban J connectivity index is 2.59. The van der Waals surface area contributed by atoms with Crippen LogP contribution in [0.2, 0.25) is 0 Å². The Morgan fingerprint density at radius 2 is 1.94 bits per heavy atom. The summed E-state index contributed by atoms with van der Waals surface area (Å²) >= 11 is 0. The van der Waals surface area contributed by atoms with Crippen LogP contribution in [0.4, 0.5) is 0 Å². The highest BCUT2D eigenvalue weighted by Gasteiger charge is 2.32. The van der Waals surface area contributed by atoms with Gasteiger partial charge < -0.3 is 9.80 Å². The second-order valence-electron chi connectivity index (χ2n) is 5.28. The molecule has 1 rings (SSSR count). The molecule has 1 aliphatic rings. The summed E-state index contributed by atoms with van der Waals surface area (Å²) in [4.78, 5) is 27.1. The second kappa shape index (κ2) is 4.85. The van der Waals surface area contributed by atoms with Crippen molar-refractivity contribution in [2.24, 2.45) is 0 Å². The van der Waals surface area contributed by atoms with Gasteiger partial charge >= 0.3 is 0 Å². The summed E-state index contributed by atoms with van der Waals surface area (Å²) < 4.78 is 0. The Kier molecular flexibility index (Phi) is 3.94. The molecule has 0 aliphatic carbocycles. The van der Waals surface area contributed by atoms with Crippen LogP contribution in [0.3, 0.4) is 0 Å². The van der Waals surface area contributed by atoms with Crippen LogP contribution in [-0.2, 0) is 9.59 Å². The molecule has 92 valence electrons. The van der Waals surface area contributed by atoms with E-state index in [-0.39, 0.29) is 23.9 Å². The summed E-state index contributed by atoms with van der Waals surface area (Å²) in [5.74, 6) is 0.160. The molecular weight excluding hydrogens is 204 g/mol. The third-order valence-electron chi connectivity index (χ3n) is 2.85. The first-order valence-corrected chi connectivity index (χ1v) is 5.94.